The molecule has 4 nitrogen and oxygen atoms in total. The van der Waals surface area contributed by atoms with Crippen LogP contribution in [-0.4, -0.2) is 19.9 Å². The summed E-state index contributed by atoms with van der Waals surface area (Å²) in [4.78, 5) is 0. The number of nitrogens with zero attached hydrogens (tertiary/aromatic N) is 1. The lowest BCUT2D eigenvalue weighted by Crippen LogP contribution is -2.03. The quantitative estimate of drug-likeness (QED) is 0.412. The van der Waals surface area contributed by atoms with Gasteiger partial charge in [0.2, 0.25) is 0 Å². The molecule has 0 aliphatic rings. The van der Waals surface area contributed by atoms with Gasteiger partial charge in [-0.15, -0.1) is 0 Å². The number of methoxy groups -OCH3 is 1. The SMILES string of the molecule is COc1cc(/C=N\Nc2ccc3ccccc3c2)ccc1OCCC(C)C. The van der Waals surface area contributed by atoms with E-state index in [1.807, 2.05) is 36.4 Å². The topological polar surface area (TPSA) is 42.8 Å². The maximum Gasteiger partial charge on any atom is 0.161 e. The molecule has 3 aromatic rings. The average molecular weight is 362 g/mol. The third-order valence-corrected chi connectivity index (χ3v) is 4.30. The van der Waals surface area contributed by atoms with Gasteiger partial charge in [0.25, 0.3) is 0 Å². The summed E-state index contributed by atoms with van der Waals surface area (Å²) in [5.74, 6) is 2.09. The van der Waals surface area contributed by atoms with Crippen molar-refractivity contribution in [1.29, 1.82) is 0 Å². The second kappa shape index (κ2) is 9.08. The number of ether oxygens (including phenoxy) is 2. The van der Waals surface area contributed by atoms with Gasteiger partial charge in [-0.05, 0) is 59.0 Å². The Morgan fingerprint density at radius 3 is 2.56 bits per heavy atom. The molecule has 0 aromatic heterocycles. The maximum absolute atomic E-state index is 5.82. The molecule has 0 fully saturated rings. The van der Waals surface area contributed by atoms with Crippen LogP contribution in [0, 0.1) is 5.92 Å². The Kier molecular flexibility index (Phi) is 6.31. The highest BCUT2D eigenvalue weighted by molar-refractivity contribution is 5.86. The van der Waals surface area contributed by atoms with E-state index in [-0.39, 0.29) is 0 Å². The van der Waals surface area contributed by atoms with E-state index in [2.05, 4.69) is 48.6 Å². The van der Waals surface area contributed by atoms with Crippen molar-refractivity contribution >= 4 is 22.7 Å². The molecule has 140 valence electrons. The van der Waals surface area contributed by atoms with Crippen LogP contribution in [0.2, 0.25) is 0 Å². The van der Waals surface area contributed by atoms with E-state index in [9.17, 15) is 0 Å². The largest absolute Gasteiger partial charge is 0.493 e. The minimum atomic E-state index is 0.614. The first kappa shape index (κ1) is 18.8. The highest BCUT2D eigenvalue weighted by atomic mass is 16.5. The van der Waals surface area contributed by atoms with E-state index in [4.69, 9.17) is 9.47 Å². The van der Waals surface area contributed by atoms with E-state index in [0.29, 0.717) is 18.3 Å². The molecule has 1 N–H and O–H groups in total. The van der Waals surface area contributed by atoms with Gasteiger partial charge < -0.3 is 9.47 Å². The first-order valence-corrected chi connectivity index (χ1v) is 9.24. The predicted octanol–water partition coefficient (Wildman–Crippen LogP) is 5.72. The molecule has 0 amide bonds. The van der Waals surface area contributed by atoms with Crippen LogP contribution in [0.3, 0.4) is 0 Å². The Labute approximate surface area is 160 Å². The fourth-order valence-corrected chi connectivity index (χ4v) is 2.73. The zero-order valence-corrected chi connectivity index (χ0v) is 16.1. The molecular formula is C23H26N2O2. The number of fused-ring (bicyclic) bond motifs is 1. The molecule has 0 radical (unpaired) electrons. The van der Waals surface area contributed by atoms with Crippen molar-refractivity contribution in [3.8, 4) is 11.5 Å². The number of rotatable bonds is 8. The van der Waals surface area contributed by atoms with Crippen molar-refractivity contribution in [2.24, 2.45) is 11.0 Å². The van der Waals surface area contributed by atoms with Crippen LogP contribution in [-0.2, 0) is 0 Å². The van der Waals surface area contributed by atoms with E-state index in [0.717, 1.165) is 23.4 Å². The first-order chi connectivity index (χ1) is 13.2. The second-order valence-corrected chi connectivity index (χ2v) is 6.87. The molecule has 0 atom stereocenters. The summed E-state index contributed by atoms with van der Waals surface area (Å²) in [5.41, 5.74) is 4.97. The highest BCUT2D eigenvalue weighted by Gasteiger charge is 2.05. The summed E-state index contributed by atoms with van der Waals surface area (Å²) >= 11 is 0. The van der Waals surface area contributed by atoms with E-state index in [1.54, 1.807) is 13.3 Å². The number of benzene rings is 3. The standard InChI is InChI=1S/C23H26N2O2/c1-17(2)12-13-27-22-11-8-18(14-23(22)26-3)16-24-25-21-10-9-19-6-4-5-7-20(19)15-21/h4-11,14-17,25H,12-13H2,1-3H3/b24-16-. The first-order valence-electron chi connectivity index (χ1n) is 9.24. The number of hydrogen-bond acceptors (Lipinski definition) is 4. The Balaban J connectivity index is 1.65. The van der Waals surface area contributed by atoms with Gasteiger partial charge in [-0.1, -0.05) is 44.2 Å². The van der Waals surface area contributed by atoms with Gasteiger partial charge in [-0.2, -0.15) is 5.10 Å². The van der Waals surface area contributed by atoms with Crippen LogP contribution >= 0.6 is 0 Å². The summed E-state index contributed by atoms with van der Waals surface area (Å²) in [6.45, 7) is 5.05. The lowest BCUT2D eigenvalue weighted by atomic mass is 10.1. The van der Waals surface area contributed by atoms with Gasteiger partial charge in [0.1, 0.15) is 0 Å². The summed E-state index contributed by atoms with van der Waals surface area (Å²) in [7, 11) is 1.65. The molecule has 0 saturated carbocycles. The Morgan fingerprint density at radius 2 is 1.78 bits per heavy atom. The third-order valence-electron chi connectivity index (χ3n) is 4.30. The van der Waals surface area contributed by atoms with Crippen LogP contribution in [0.25, 0.3) is 10.8 Å². The Hall–Kier alpha value is -3.01. The fourth-order valence-electron chi connectivity index (χ4n) is 2.73. The zero-order chi connectivity index (χ0) is 19.1. The average Bonchev–Trinajstić information content (AvgIpc) is 2.68. The minimum Gasteiger partial charge on any atom is -0.493 e. The lowest BCUT2D eigenvalue weighted by molar-refractivity contribution is 0.273. The molecule has 3 aromatic carbocycles. The predicted molar refractivity (Wildman–Crippen MR) is 113 cm³/mol. The highest BCUT2D eigenvalue weighted by Crippen LogP contribution is 2.28. The van der Waals surface area contributed by atoms with Crippen LogP contribution in [0.4, 0.5) is 5.69 Å². The van der Waals surface area contributed by atoms with E-state index >= 15 is 0 Å². The normalized spacial score (nSPS) is 11.3. The Morgan fingerprint density at radius 1 is 0.963 bits per heavy atom. The molecular weight excluding hydrogens is 336 g/mol. The summed E-state index contributed by atoms with van der Waals surface area (Å²) in [5, 5.41) is 6.73. The fraction of sp³-hybridized carbons (Fsp3) is 0.261. The van der Waals surface area contributed by atoms with Crippen molar-refractivity contribution in [2.45, 2.75) is 20.3 Å². The van der Waals surface area contributed by atoms with Crippen molar-refractivity contribution < 1.29 is 9.47 Å². The number of hydrogen-bond donors (Lipinski definition) is 1. The van der Waals surface area contributed by atoms with Crippen LogP contribution < -0.4 is 14.9 Å². The molecule has 4 heteroatoms. The van der Waals surface area contributed by atoms with Gasteiger partial charge in [-0.25, -0.2) is 0 Å². The summed E-state index contributed by atoms with van der Waals surface area (Å²) < 4.78 is 11.3. The van der Waals surface area contributed by atoms with Crippen molar-refractivity contribution in [3.63, 3.8) is 0 Å². The molecule has 0 aliphatic heterocycles. The molecule has 0 saturated heterocycles. The molecule has 0 aliphatic carbocycles. The number of anilines is 1. The minimum absolute atomic E-state index is 0.614. The zero-order valence-electron chi connectivity index (χ0n) is 16.1. The maximum atomic E-state index is 5.82. The van der Waals surface area contributed by atoms with Crippen LogP contribution in [0.1, 0.15) is 25.8 Å². The van der Waals surface area contributed by atoms with Gasteiger partial charge in [0.05, 0.1) is 25.6 Å². The molecule has 3 rings (SSSR count). The number of hydrazone groups is 1. The van der Waals surface area contributed by atoms with Gasteiger partial charge in [0.15, 0.2) is 11.5 Å². The third kappa shape index (κ3) is 5.23. The van der Waals surface area contributed by atoms with Gasteiger partial charge in [-0.3, -0.25) is 5.43 Å². The molecule has 27 heavy (non-hydrogen) atoms. The van der Waals surface area contributed by atoms with Crippen molar-refractivity contribution in [1.82, 2.24) is 0 Å². The molecule has 0 bridgehead atoms. The number of nitrogens with one attached hydrogen (secondary N) is 1. The van der Waals surface area contributed by atoms with Crippen LogP contribution in [0.15, 0.2) is 65.8 Å². The van der Waals surface area contributed by atoms with Crippen molar-refractivity contribution in [3.05, 3.63) is 66.2 Å². The van der Waals surface area contributed by atoms with Gasteiger partial charge in [0, 0.05) is 0 Å². The Bertz CT molecular complexity index is 919. The lowest BCUT2D eigenvalue weighted by Gasteiger charge is -2.12. The molecule has 0 heterocycles. The summed E-state index contributed by atoms with van der Waals surface area (Å²) in [6.07, 6.45) is 2.79. The molecule has 0 spiro atoms. The van der Waals surface area contributed by atoms with Gasteiger partial charge >= 0.3 is 0 Å². The van der Waals surface area contributed by atoms with Crippen LogP contribution in [0.5, 0.6) is 11.5 Å². The second-order valence-electron chi connectivity index (χ2n) is 6.87. The van der Waals surface area contributed by atoms with Crippen molar-refractivity contribution in [2.75, 3.05) is 19.1 Å². The summed E-state index contributed by atoms with van der Waals surface area (Å²) in [6, 6.07) is 20.3. The smallest absolute Gasteiger partial charge is 0.161 e. The monoisotopic (exact) mass is 362 g/mol. The molecule has 0 unspecified atom stereocenters. The van der Waals surface area contributed by atoms with E-state index < -0.39 is 0 Å². The van der Waals surface area contributed by atoms with E-state index in [1.165, 1.54) is 10.8 Å².